The van der Waals surface area contributed by atoms with Crippen molar-refractivity contribution in [3.05, 3.63) is 12.4 Å². The highest BCUT2D eigenvalue weighted by molar-refractivity contribution is 5.79. The van der Waals surface area contributed by atoms with Crippen LogP contribution in [0, 0.1) is 5.92 Å². The normalized spacial score (nSPS) is 18.9. The molecule has 0 saturated carbocycles. The summed E-state index contributed by atoms with van der Waals surface area (Å²) in [6, 6.07) is 0. The zero-order chi connectivity index (χ0) is 16.8. The van der Waals surface area contributed by atoms with Gasteiger partial charge in [0.2, 0.25) is 11.9 Å². The second-order valence-corrected chi connectivity index (χ2v) is 6.48. The van der Waals surface area contributed by atoms with Gasteiger partial charge in [-0.1, -0.05) is 0 Å². The molecule has 1 aromatic heterocycles. The molecule has 0 spiro atoms. The summed E-state index contributed by atoms with van der Waals surface area (Å²) < 4.78 is 4.96. The van der Waals surface area contributed by atoms with Gasteiger partial charge in [0.25, 0.3) is 0 Å². The van der Waals surface area contributed by atoms with Crippen LogP contribution < -0.4 is 15.1 Å². The molecule has 3 heterocycles. The van der Waals surface area contributed by atoms with E-state index in [2.05, 4.69) is 25.1 Å². The van der Waals surface area contributed by atoms with Gasteiger partial charge >= 0.3 is 0 Å². The van der Waals surface area contributed by atoms with Crippen LogP contribution >= 0.6 is 0 Å². The zero-order valence-corrected chi connectivity index (χ0v) is 14.4. The third-order valence-electron chi connectivity index (χ3n) is 4.85. The lowest BCUT2D eigenvalue weighted by atomic mass is 9.96. The number of hydrogen-bond acceptors (Lipinski definition) is 6. The molecule has 1 N–H and O–H groups in total. The van der Waals surface area contributed by atoms with Gasteiger partial charge in [-0.05, 0) is 25.7 Å². The van der Waals surface area contributed by atoms with E-state index in [9.17, 15) is 4.79 Å². The first-order valence-corrected chi connectivity index (χ1v) is 8.86. The lowest BCUT2D eigenvalue weighted by Gasteiger charge is -2.32. The minimum absolute atomic E-state index is 0.0999. The quantitative estimate of drug-likeness (QED) is 0.785. The molecule has 7 heteroatoms. The summed E-state index contributed by atoms with van der Waals surface area (Å²) in [5.41, 5.74) is 1.05. The summed E-state index contributed by atoms with van der Waals surface area (Å²) in [6.45, 7) is 5.00. The van der Waals surface area contributed by atoms with Gasteiger partial charge in [0.05, 0.1) is 24.7 Å². The van der Waals surface area contributed by atoms with E-state index >= 15 is 0 Å². The van der Waals surface area contributed by atoms with Crippen molar-refractivity contribution >= 4 is 17.5 Å². The number of methoxy groups -OCH3 is 1. The van der Waals surface area contributed by atoms with Gasteiger partial charge in [0, 0.05) is 45.8 Å². The molecule has 1 amide bonds. The minimum Gasteiger partial charge on any atom is -0.383 e. The highest BCUT2D eigenvalue weighted by Gasteiger charge is 2.25. The highest BCUT2D eigenvalue weighted by atomic mass is 16.5. The average Bonchev–Trinajstić information content (AvgIpc) is 3.17. The molecule has 3 rings (SSSR count). The molecule has 2 aliphatic heterocycles. The Hall–Kier alpha value is -1.89. The summed E-state index contributed by atoms with van der Waals surface area (Å²) in [5.74, 6) is 1.08. The van der Waals surface area contributed by atoms with Crippen LogP contribution in [0.3, 0.4) is 0 Å². The van der Waals surface area contributed by atoms with E-state index in [0.717, 1.165) is 50.7 Å². The van der Waals surface area contributed by atoms with Crippen LogP contribution in [-0.4, -0.2) is 62.3 Å². The third kappa shape index (κ3) is 4.14. The summed E-state index contributed by atoms with van der Waals surface area (Å²) >= 11 is 0. The fourth-order valence-corrected chi connectivity index (χ4v) is 3.38. The maximum atomic E-state index is 12.1. The number of carbonyl (C=O) groups excluding carboxylic acids is 1. The Balaban J connectivity index is 1.48. The molecule has 0 bridgehead atoms. The molecule has 2 saturated heterocycles. The Bertz CT molecular complexity index is 522. The molecule has 2 fully saturated rings. The van der Waals surface area contributed by atoms with Crippen molar-refractivity contribution in [2.45, 2.75) is 25.7 Å². The van der Waals surface area contributed by atoms with Gasteiger partial charge in [0.15, 0.2) is 0 Å². The highest BCUT2D eigenvalue weighted by Crippen LogP contribution is 2.24. The summed E-state index contributed by atoms with van der Waals surface area (Å²) in [5, 5.41) is 2.93. The van der Waals surface area contributed by atoms with Gasteiger partial charge in [-0.15, -0.1) is 0 Å². The molecule has 2 aliphatic rings. The van der Waals surface area contributed by atoms with Crippen molar-refractivity contribution < 1.29 is 9.53 Å². The Morgan fingerprint density at radius 2 is 1.83 bits per heavy atom. The van der Waals surface area contributed by atoms with Gasteiger partial charge in [-0.3, -0.25) is 4.79 Å². The molecule has 132 valence electrons. The summed E-state index contributed by atoms with van der Waals surface area (Å²) in [7, 11) is 1.64. The van der Waals surface area contributed by atoms with Crippen LogP contribution in [0.25, 0.3) is 0 Å². The number of rotatable bonds is 6. The van der Waals surface area contributed by atoms with Crippen LogP contribution in [-0.2, 0) is 9.53 Å². The Labute approximate surface area is 143 Å². The van der Waals surface area contributed by atoms with Crippen molar-refractivity contribution in [1.29, 1.82) is 0 Å². The molecule has 1 aromatic rings. The Morgan fingerprint density at radius 1 is 1.17 bits per heavy atom. The monoisotopic (exact) mass is 333 g/mol. The maximum Gasteiger partial charge on any atom is 0.225 e. The Kier molecular flexibility index (Phi) is 5.85. The van der Waals surface area contributed by atoms with Crippen molar-refractivity contribution in [1.82, 2.24) is 15.3 Å². The molecule has 7 nitrogen and oxygen atoms in total. The van der Waals surface area contributed by atoms with Crippen LogP contribution in [0.15, 0.2) is 12.4 Å². The number of ether oxygens (including phenoxy) is 1. The van der Waals surface area contributed by atoms with E-state index in [-0.39, 0.29) is 11.8 Å². The molecule has 0 radical (unpaired) electrons. The first-order chi connectivity index (χ1) is 11.8. The van der Waals surface area contributed by atoms with Gasteiger partial charge in [-0.2, -0.15) is 0 Å². The van der Waals surface area contributed by atoms with Crippen LogP contribution in [0.5, 0.6) is 0 Å². The topological polar surface area (TPSA) is 70.6 Å². The standard InChI is InChI=1S/C17H27N5O2/c1-24-11-6-18-16(23)14-4-9-21(10-5-14)15-12-19-17(20-13-15)22-7-2-3-8-22/h12-14H,2-11H2,1H3,(H,18,23). The van der Waals surface area contributed by atoms with Crippen molar-refractivity contribution in [3.63, 3.8) is 0 Å². The molecule has 0 aromatic carbocycles. The molecular weight excluding hydrogens is 306 g/mol. The van der Waals surface area contributed by atoms with Crippen molar-refractivity contribution in [2.24, 2.45) is 5.92 Å². The Morgan fingerprint density at radius 3 is 2.46 bits per heavy atom. The molecule has 24 heavy (non-hydrogen) atoms. The molecule has 0 aliphatic carbocycles. The second-order valence-electron chi connectivity index (χ2n) is 6.48. The number of nitrogens with one attached hydrogen (secondary N) is 1. The lowest BCUT2D eigenvalue weighted by Crippen LogP contribution is -2.41. The van der Waals surface area contributed by atoms with E-state index in [4.69, 9.17) is 4.74 Å². The number of aromatic nitrogens is 2. The van der Waals surface area contributed by atoms with Crippen LogP contribution in [0.1, 0.15) is 25.7 Å². The van der Waals surface area contributed by atoms with Gasteiger partial charge in [0.1, 0.15) is 0 Å². The van der Waals surface area contributed by atoms with Crippen molar-refractivity contribution in [3.8, 4) is 0 Å². The number of piperidine rings is 1. The molecule has 0 atom stereocenters. The van der Waals surface area contributed by atoms with E-state index in [1.165, 1.54) is 12.8 Å². The largest absolute Gasteiger partial charge is 0.383 e. The third-order valence-corrected chi connectivity index (χ3v) is 4.85. The fourth-order valence-electron chi connectivity index (χ4n) is 3.38. The SMILES string of the molecule is COCCNC(=O)C1CCN(c2cnc(N3CCCC3)nc2)CC1. The van der Waals surface area contributed by atoms with Crippen LogP contribution in [0.2, 0.25) is 0 Å². The smallest absolute Gasteiger partial charge is 0.225 e. The number of carbonyl (C=O) groups is 1. The number of hydrogen-bond donors (Lipinski definition) is 1. The minimum atomic E-state index is 0.0999. The summed E-state index contributed by atoms with van der Waals surface area (Å²) in [4.78, 5) is 25.6. The lowest BCUT2D eigenvalue weighted by molar-refractivity contribution is -0.125. The number of amides is 1. The maximum absolute atomic E-state index is 12.1. The zero-order valence-electron chi connectivity index (χ0n) is 14.4. The van der Waals surface area contributed by atoms with Crippen LogP contribution in [0.4, 0.5) is 11.6 Å². The van der Waals surface area contributed by atoms with E-state index in [1.54, 1.807) is 7.11 Å². The number of nitrogens with zero attached hydrogens (tertiary/aromatic N) is 4. The fraction of sp³-hybridized carbons (Fsp3) is 0.706. The first kappa shape index (κ1) is 17.0. The first-order valence-electron chi connectivity index (χ1n) is 8.86. The van der Waals surface area contributed by atoms with E-state index in [0.29, 0.717) is 13.2 Å². The predicted octanol–water partition coefficient (Wildman–Crippen LogP) is 1.06. The molecular formula is C17H27N5O2. The predicted molar refractivity (Wildman–Crippen MR) is 93.3 cm³/mol. The van der Waals surface area contributed by atoms with Gasteiger partial charge < -0.3 is 19.9 Å². The van der Waals surface area contributed by atoms with Crippen molar-refractivity contribution in [2.75, 3.05) is 56.2 Å². The van der Waals surface area contributed by atoms with E-state index in [1.807, 2.05) is 12.4 Å². The van der Waals surface area contributed by atoms with E-state index < -0.39 is 0 Å². The second kappa shape index (κ2) is 8.28. The summed E-state index contributed by atoms with van der Waals surface area (Å²) in [6.07, 6.45) is 8.02. The average molecular weight is 333 g/mol. The molecule has 0 unspecified atom stereocenters. The van der Waals surface area contributed by atoms with Gasteiger partial charge in [-0.25, -0.2) is 9.97 Å². The number of anilines is 2.